The lowest BCUT2D eigenvalue weighted by atomic mass is 10.2. The van der Waals surface area contributed by atoms with Crippen molar-refractivity contribution in [3.05, 3.63) is 57.7 Å². The molecule has 0 aliphatic heterocycles. The Labute approximate surface area is 112 Å². The van der Waals surface area contributed by atoms with Crippen molar-refractivity contribution >= 4 is 15.9 Å². The summed E-state index contributed by atoms with van der Waals surface area (Å²) >= 11 is 3.26. The first-order valence-electron chi connectivity index (χ1n) is 5.25. The van der Waals surface area contributed by atoms with Gasteiger partial charge in [0, 0.05) is 6.07 Å². The van der Waals surface area contributed by atoms with Crippen molar-refractivity contribution in [2.24, 2.45) is 0 Å². The van der Waals surface area contributed by atoms with E-state index in [-0.39, 0.29) is 6.61 Å². The monoisotopic (exact) mass is 313 g/mol. The normalized spacial score (nSPS) is 10.4. The minimum atomic E-state index is -0.880. The molecule has 2 nitrogen and oxygen atoms in total. The Morgan fingerprint density at radius 3 is 2.61 bits per heavy atom. The summed E-state index contributed by atoms with van der Waals surface area (Å²) in [5, 5.41) is 0. The third-order valence-corrected chi connectivity index (χ3v) is 2.69. The molecular weight excluding hydrogens is 304 g/mol. The summed E-state index contributed by atoms with van der Waals surface area (Å²) in [4.78, 5) is 4.12. The summed E-state index contributed by atoms with van der Waals surface area (Å²) in [6.07, 6.45) is 0. The van der Waals surface area contributed by atoms with Crippen molar-refractivity contribution in [2.45, 2.75) is 13.5 Å². The highest BCUT2D eigenvalue weighted by molar-refractivity contribution is 9.10. The molecule has 0 saturated heterocycles. The van der Waals surface area contributed by atoms with Gasteiger partial charge in [0.25, 0.3) is 0 Å². The molecule has 1 aromatic heterocycles. The van der Waals surface area contributed by atoms with Crippen LogP contribution in [0, 0.1) is 18.6 Å². The highest BCUT2D eigenvalue weighted by Gasteiger charge is 2.04. The highest BCUT2D eigenvalue weighted by atomic mass is 79.9. The molecule has 0 radical (unpaired) electrons. The van der Waals surface area contributed by atoms with E-state index in [9.17, 15) is 8.78 Å². The average Bonchev–Trinajstić information content (AvgIpc) is 2.29. The van der Waals surface area contributed by atoms with Gasteiger partial charge in [0.05, 0.1) is 0 Å². The number of nitrogens with zero attached hydrogens (tertiary/aromatic N) is 1. The number of ether oxygens (including phenoxy) is 1. The van der Waals surface area contributed by atoms with E-state index in [1.54, 1.807) is 6.07 Å². The molecule has 0 N–H and O–H groups in total. The maximum absolute atomic E-state index is 13.0. The van der Waals surface area contributed by atoms with Gasteiger partial charge in [-0.2, -0.15) is 0 Å². The molecule has 0 fully saturated rings. The van der Waals surface area contributed by atoms with Gasteiger partial charge in [0.15, 0.2) is 11.6 Å². The smallest absolute Gasteiger partial charge is 0.214 e. The summed E-state index contributed by atoms with van der Waals surface area (Å²) in [5.74, 6) is -1.31. The van der Waals surface area contributed by atoms with Crippen molar-refractivity contribution in [1.29, 1.82) is 0 Å². The largest absolute Gasteiger partial charge is 0.473 e. The number of pyridine rings is 1. The van der Waals surface area contributed by atoms with Gasteiger partial charge in [0.1, 0.15) is 11.2 Å². The molecule has 0 unspecified atom stereocenters. The van der Waals surface area contributed by atoms with Crippen LogP contribution in [0.5, 0.6) is 5.88 Å². The first-order valence-corrected chi connectivity index (χ1v) is 6.05. The molecule has 18 heavy (non-hydrogen) atoms. The average molecular weight is 314 g/mol. The minimum absolute atomic E-state index is 0.139. The van der Waals surface area contributed by atoms with E-state index in [2.05, 4.69) is 20.9 Å². The Hall–Kier alpha value is -1.49. The zero-order chi connectivity index (χ0) is 13.1. The summed E-state index contributed by atoms with van der Waals surface area (Å²) in [6.45, 7) is 2.05. The lowest BCUT2D eigenvalue weighted by Crippen LogP contribution is -1.99. The Kier molecular flexibility index (Phi) is 3.91. The van der Waals surface area contributed by atoms with E-state index in [1.165, 1.54) is 6.07 Å². The van der Waals surface area contributed by atoms with Crippen LogP contribution >= 0.6 is 15.9 Å². The van der Waals surface area contributed by atoms with Crippen molar-refractivity contribution in [1.82, 2.24) is 4.98 Å². The summed E-state index contributed by atoms with van der Waals surface area (Å²) in [7, 11) is 0. The molecule has 1 heterocycles. The van der Waals surface area contributed by atoms with Gasteiger partial charge in [-0.1, -0.05) is 6.07 Å². The Bertz CT molecular complexity index is 555. The molecule has 1 aromatic carbocycles. The molecular formula is C13H10BrF2NO. The Balaban J connectivity index is 2.08. The minimum Gasteiger partial charge on any atom is -0.473 e. The number of rotatable bonds is 3. The van der Waals surface area contributed by atoms with E-state index < -0.39 is 11.6 Å². The number of aromatic nitrogens is 1. The lowest BCUT2D eigenvalue weighted by Gasteiger charge is -2.07. The van der Waals surface area contributed by atoms with Gasteiger partial charge in [-0.05, 0) is 52.2 Å². The van der Waals surface area contributed by atoms with E-state index in [4.69, 9.17) is 4.74 Å². The molecule has 0 amide bonds. The number of hydrogen-bond donors (Lipinski definition) is 0. The number of hydrogen-bond acceptors (Lipinski definition) is 2. The van der Waals surface area contributed by atoms with Crippen LogP contribution in [0.4, 0.5) is 8.78 Å². The maximum Gasteiger partial charge on any atom is 0.214 e. The fourth-order valence-corrected chi connectivity index (χ4v) is 1.99. The van der Waals surface area contributed by atoms with Crippen LogP contribution in [-0.2, 0) is 6.61 Å². The van der Waals surface area contributed by atoms with Gasteiger partial charge in [-0.15, -0.1) is 0 Å². The number of benzene rings is 1. The second-order valence-electron chi connectivity index (χ2n) is 3.84. The predicted molar refractivity (Wildman–Crippen MR) is 67.4 cm³/mol. The maximum atomic E-state index is 13.0. The van der Waals surface area contributed by atoms with Gasteiger partial charge in [0.2, 0.25) is 5.88 Å². The van der Waals surface area contributed by atoms with Crippen LogP contribution < -0.4 is 4.74 Å². The molecule has 0 saturated carbocycles. The highest BCUT2D eigenvalue weighted by Crippen LogP contribution is 2.17. The predicted octanol–water partition coefficient (Wildman–Crippen LogP) is 4.01. The van der Waals surface area contributed by atoms with E-state index in [0.29, 0.717) is 16.0 Å². The van der Waals surface area contributed by atoms with Gasteiger partial charge in [-0.25, -0.2) is 13.8 Å². The first kappa shape index (κ1) is 13.0. The van der Waals surface area contributed by atoms with Crippen LogP contribution in [0.1, 0.15) is 11.1 Å². The fourth-order valence-electron chi connectivity index (χ4n) is 1.45. The topological polar surface area (TPSA) is 22.1 Å². The lowest BCUT2D eigenvalue weighted by molar-refractivity contribution is 0.292. The van der Waals surface area contributed by atoms with Gasteiger partial charge < -0.3 is 4.74 Å². The summed E-state index contributed by atoms with van der Waals surface area (Å²) < 4.78 is 31.8. The first-order chi connectivity index (χ1) is 8.54. The van der Waals surface area contributed by atoms with Crippen molar-refractivity contribution in [3.8, 4) is 5.88 Å². The second-order valence-corrected chi connectivity index (χ2v) is 4.66. The van der Waals surface area contributed by atoms with Crippen molar-refractivity contribution in [2.75, 3.05) is 0 Å². The van der Waals surface area contributed by atoms with Gasteiger partial charge in [-0.3, -0.25) is 0 Å². The zero-order valence-electron chi connectivity index (χ0n) is 9.58. The quantitative estimate of drug-likeness (QED) is 0.799. The third-order valence-electron chi connectivity index (χ3n) is 2.29. The van der Waals surface area contributed by atoms with Crippen molar-refractivity contribution in [3.63, 3.8) is 0 Å². The third kappa shape index (κ3) is 3.26. The van der Waals surface area contributed by atoms with Gasteiger partial charge >= 0.3 is 0 Å². The molecule has 0 bridgehead atoms. The van der Waals surface area contributed by atoms with Crippen LogP contribution in [-0.4, -0.2) is 4.98 Å². The molecule has 94 valence electrons. The van der Waals surface area contributed by atoms with Crippen molar-refractivity contribution < 1.29 is 13.5 Å². The van der Waals surface area contributed by atoms with Crippen LogP contribution in [0.25, 0.3) is 0 Å². The molecule has 2 rings (SSSR count). The van der Waals surface area contributed by atoms with Crippen LogP contribution in [0.15, 0.2) is 34.9 Å². The van der Waals surface area contributed by atoms with Crippen LogP contribution in [0.3, 0.4) is 0 Å². The standard InChI is InChI=1S/C13H10BrF2NO/c1-8-4-12(14)17-13(5-8)18-7-9-2-3-10(15)11(16)6-9/h2-6H,7H2,1H3. The molecule has 0 aliphatic rings. The molecule has 2 aromatic rings. The SMILES string of the molecule is Cc1cc(Br)nc(OCc2ccc(F)c(F)c2)c1. The molecule has 0 aliphatic carbocycles. The van der Waals surface area contributed by atoms with Crippen LogP contribution in [0.2, 0.25) is 0 Å². The summed E-state index contributed by atoms with van der Waals surface area (Å²) in [5.41, 5.74) is 1.55. The van der Waals surface area contributed by atoms with E-state index in [0.717, 1.165) is 17.7 Å². The second kappa shape index (κ2) is 5.44. The molecule has 5 heteroatoms. The number of aryl methyl sites for hydroxylation is 1. The fraction of sp³-hybridized carbons (Fsp3) is 0.154. The number of halogens is 3. The zero-order valence-corrected chi connectivity index (χ0v) is 11.2. The Morgan fingerprint density at radius 1 is 1.17 bits per heavy atom. The summed E-state index contributed by atoms with van der Waals surface area (Å²) in [6, 6.07) is 7.28. The van der Waals surface area contributed by atoms with E-state index >= 15 is 0 Å². The van der Waals surface area contributed by atoms with E-state index in [1.807, 2.05) is 13.0 Å². The Morgan fingerprint density at radius 2 is 1.94 bits per heavy atom. The molecule has 0 atom stereocenters. The molecule has 0 spiro atoms.